The van der Waals surface area contributed by atoms with E-state index >= 15 is 0 Å². The fourth-order valence-corrected chi connectivity index (χ4v) is 4.37. The van der Waals surface area contributed by atoms with Crippen molar-refractivity contribution in [3.05, 3.63) is 0 Å². The van der Waals surface area contributed by atoms with Crippen LogP contribution in [0.3, 0.4) is 0 Å². The van der Waals surface area contributed by atoms with Gasteiger partial charge in [-0.15, -0.1) is 24.0 Å². The first kappa shape index (κ1) is 24.9. The van der Waals surface area contributed by atoms with Crippen LogP contribution in [0.25, 0.3) is 0 Å². The Balaban J connectivity index is 0.00000364. The molecular weight excluding hydrogens is 455 g/mol. The number of hydrogen-bond donors (Lipinski definition) is 3. The monoisotopic (exact) mass is 496 g/mol. The van der Waals surface area contributed by atoms with Crippen LogP contribution in [0, 0.1) is 11.3 Å². The van der Waals surface area contributed by atoms with Gasteiger partial charge in [0.2, 0.25) is 0 Å². The highest BCUT2D eigenvalue weighted by atomic mass is 127. The first-order chi connectivity index (χ1) is 12.6. The SMILES string of the molecule is CCNC(=NCC1(CCO)CCOC1)NCC(C1CCCCC1)N(C)C.I. The standard InChI is InChI=1S/C20H40N4O2.HI/c1-4-21-19(23-15-20(10-12-25)11-13-26-16-20)22-14-18(24(2)3)17-8-6-5-7-9-17;/h17-18,25H,4-16H2,1-3H3,(H2,21,22,23);1H. The van der Waals surface area contributed by atoms with Gasteiger partial charge >= 0.3 is 0 Å². The number of aliphatic imine (C=N–C) groups is 1. The van der Waals surface area contributed by atoms with Crippen molar-refractivity contribution in [1.29, 1.82) is 0 Å². The van der Waals surface area contributed by atoms with E-state index in [1.807, 2.05) is 0 Å². The van der Waals surface area contributed by atoms with Gasteiger partial charge in [-0.2, -0.15) is 0 Å². The highest BCUT2D eigenvalue weighted by Gasteiger charge is 2.34. The molecule has 0 aromatic rings. The summed E-state index contributed by atoms with van der Waals surface area (Å²) in [6, 6.07) is 0.542. The van der Waals surface area contributed by atoms with Gasteiger partial charge in [0.25, 0.3) is 0 Å². The van der Waals surface area contributed by atoms with Crippen molar-refractivity contribution in [2.24, 2.45) is 16.3 Å². The summed E-state index contributed by atoms with van der Waals surface area (Å²) in [6.07, 6.45) is 8.56. The summed E-state index contributed by atoms with van der Waals surface area (Å²) in [5.41, 5.74) is 0.00141. The van der Waals surface area contributed by atoms with Crippen LogP contribution in [0.2, 0.25) is 0 Å². The second-order valence-corrected chi connectivity index (χ2v) is 8.28. The minimum Gasteiger partial charge on any atom is -0.396 e. The zero-order valence-corrected chi connectivity index (χ0v) is 19.8. The summed E-state index contributed by atoms with van der Waals surface area (Å²) in [7, 11) is 4.38. The second kappa shape index (κ2) is 13.2. The lowest BCUT2D eigenvalue weighted by Crippen LogP contribution is -2.48. The molecule has 160 valence electrons. The van der Waals surface area contributed by atoms with Gasteiger partial charge < -0.3 is 25.4 Å². The first-order valence-corrected chi connectivity index (χ1v) is 10.5. The number of nitrogens with one attached hydrogen (secondary N) is 2. The van der Waals surface area contributed by atoms with E-state index in [0.29, 0.717) is 19.2 Å². The Kier molecular flexibility index (Phi) is 12.2. The van der Waals surface area contributed by atoms with E-state index in [9.17, 15) is 5.11 Å². The van der Waals surface area contributed by atoms with E-state index in [1.165, 1.54) is 32.1 Å². The third-order valence-corrected chi connectivity index (χ3v) is 6.08. The molecule has 0 bridgehead atoms. The average molecular weight is 496 g/mol. The summed E-state index contributed by atoms with van der Waals surface area (Å²) >= 11 is 0. The van der Waals surface area contributed by atoms with Crippen molar-refractivity contribution in [2.45, 2.75) is 57.9 Å². The molecule has 0 radical (unpaired) electrons. The number of halogens is 1. The summed E-state index contributed by atoms with van der Waals surface area (Å²) < 4.78 is 5.59. The van der Waals surface area contributed by atoms with Gasteiger partial charge in [0.1, 0.15) is 0 Å². The number of aliphatic hydroxyl groups is 1. The van der Waals surface area contributed by atoms with Crippen LogP contribution in [-0.4, -0.2) is 75.6 Å². The van der Waals surface area contributed by atoms with E-state index in [1.54, 1.807) is 0 Å². The van der Waals surface area contributed by atoms with E-state index in [0.717, 1.165) is 44.4 Å². The largest absolute Gasteiger partial charge is 0.396 e. The minimum atomic E-state index is 0. The maximum Gasteiger partial charge on any atom is 0.191 e. The maximum atomic E-state index is 9.40. The molecule has 27 heavy (non-hydrogen) atoms. The number of likely N-dealkylation sites (N-methyl/N-ethyl adjacent to an activating group) is 1. The van der Waals surface area contributed by atoms with Crippen molar-refractivity contribution in [3.63, 3.8) is 0 Å². The lowest BCUT2D eigenvalue weighted by atomic mass is 9.83. The van der Waals surface area contributed by atoms with Crippen LogP contribution in [0.15, 0.2) is 4.99 Å². The van der Waals surface area contributed by atoms with E-state index in [4.69, 9.17) is 9.73 Å². The third-order valence-electron chi connectivity index (χ3n) is 6.08. The summed E-state index contributed by atoms with van der Waals surface area (Å²) in [5.74, 6) is 1.66. The van der Waals surface area contributed by atoms with Gasteiger partial charge in [0, 0.05) is 37.8 Å². The molecule has 2 fully saturated rings. The van der Waals surface area contributed by atoms with Crippen LogP contribution in [0.5, 0.6) is 0 Å². The second-order valence-electron chi connectivity index (χ2n) is 8.28. The summed E-state index contributed by atoms with van der Waals surface area (Å²) in [5, 5.41) is 16.4. The summed E-state index contributed by atoms with van der Waals surface area (Å²) in [6.45, 7) is 6.28. The molecular formula is C20H41IN4O2. The molecule has 2 aliphatic rings. The predicted molar refractivity (Wildman–Crippen MR) is 123 cm³/mol. The zero-order chi connectivity index (χ0) is 18.8. The number of aliphatic hydroxyl groups excluding tert-OH is 1. The minimum absolute atomic E-state index is 0. The molecule has 3 N–H and O–H groups in total. The van der Waals surface area contributed by atoms with Gasteiger partial charge in [-0.1, -0.05) is 19.3 Å². The Morgan fingerprint density at radius 1 is 1.26 bits per heavy atom. The Labute approximate surface area is 182 Å². The van der Waals surface area contributed by atoms with Crippen LogP contribution in [0.1, 0.15) is 51.9 Å². The van der Waals surface area contributed by atoms with Crippen molar-refractivity contribution >= 4 is 29.9 Å². The number of nitrogens with zero attached hydrogens (tertiary/aromatic N) is 2. The molecule has 0 aromatic carbocycles. The quantitative estimate of drug-likeness (QED) is 0.260. The van der Waals surface area contributed by atoms with Gasteiger partial charge in [-0.3, -0.25) is 4.99 Å². The highest BCUT2D eigenvalue weighted by molar-refractivity contribution is 14.0. The smallest absolute Gasteiger partial charge is 0.191 e. The normalized spacial score (nSPS) is 25.3. The van der Waals surface area contributed by atoms with Crippen molar-refractivity contribution in [3.8, 4) is 0 Å². The fourth-order valence-electron chi connectivity index (χ4n) is 4.37. The van der Waals surface area contributed by atoms with Crippen LogP contribution < -0.4 is 10.6 Å². The van der Waals surface area contributed by atoms with E-state index < -0.39 is 0 Å². The first-order valence-electron chi connectivity index (χ1n) is 10.5. The molecule has 2 unspecified atom stereocenters. The lowest BCUT2D eigenvalue weighted by Gasteiger charge is -2.35. The van der Waals surface area contributed by atoms with Crippen molar-refractivity contribution in [2.75, 3.05) is 53.6 Å². The topological polar surface area (TPSA) is 69.1 Å². The molecule has 0 amide bonds. The molecule has 1 saturated heterocycles. The molecule has 1 saturated carbocycles. The number of rotatable bonds is 9. The van der Waals surface area contributed by atoms with Crippen molar-refractivity contribution < 1.29 is 9.84 Å². The van der Waals surface area contributed by atoms with E-state index in [2.05, 4.69) is 36.6 Å². The maximum absolute atomic E-state index is 9.40. The lowest BCUT2D eigenvalue weighted by molar-refractivity contribution is 0.131. The van der Waals surface area contributed by atoms with Gasteiger partial charge in [-0.05, 0) is 52.6 Å². The van der Waals surface area contributed by atoms with E-state index in [-0.39, 0.29) is 36.0 Å². The predicted octanol–water partition coefficient (Wildman–Crippen LogP) is 2.46. The third kappa shape index (κ3) is 8.03. The van der Waals surface area contributed by atoms with Crippen LogP contribution in [-0.2, 0) is 4.74 Å². The Bertz CT molecular complexity index is 422. The number of hydrogen-bond acceptors (Lipinski definition) is 4. The Hall–Kier alpha value is -0.120. The van der Waals surface area contributed by atoms with Gasteiger partial charge in [-0.25, -0.2) is 0 Å². The molecule has 7 heteroatoms. The molecule has 2 atom stereocenters. The van der Waals surface area contributed by atoms with Gasteiger partial charge in [0.05, 0.1) is 13.2 Å². The van der Waals surface area contributed by atoms with Gasteiger partial charge in [0.15, 0.2) is 5.96 Å². The van der Waals surface area contributed by atoms with Crippen LogP contribution in [0.4, 0.5) is 0 Å². The fraction of sp³-hybridized carbons (Fsp3) is 0.950. The molecule has 1 aliphatic carbocycles. The van der Waals surface area contributed by atoms with Crippen molar-refractivity contribution in [1.82, 2.24) is 15.5 Å². The zero-order valence-electron chi connectivity index (χ0n) is 17.5. The molecule has 0 aromatic heterocycles. The molecule has 0 spiro atoms. The van der Waals surface area contributed by atoms with Crippen LogP contribution >= 0.6 is 24.0 Å². The molecule has 1 aliphatic heterocycles. The number of guanidine groups is 1. The average Bonchev–Trinajstić information content (AvgIpc) is 3.09. The summed E-state index contributed by atoms with van der Waals surface area (Å²) in [4.78, 5) is 7.21. The molecule has 6 nitrogen and oxygen atoms in total. The number of ether oxygens (including phenoxy) is 1. The Morgan fingerprint density at radius 3 is 2.56 bits per heavy atom. The Morgan fingerprint density at radius 2 is 2.00 bits per heavy atom. The molecule has 1 heterocycles. The highest BCUT2D eigenvalue weighted by Crippen LogP contribution is 2.32. The molecule has 2 rings (SSSR count).